The fourth-order valence-corrected chi connectivity index (χ4v) is 3.35. The smallest absolute Gasteiger partial charge is 0.161 e. The Balaban J connectivity index is 1.78. The molecule has 0 saturated carbocycles. The topological polar surface area (TPSA) is 108 Å². The number of rotatable bonds is 10. The fourth-order valence-electron chi connectivity index (χ4n) is 3.35. The van der Waals surface area contributed by atoms with Crippen LogP contribution in [0.15, 0.2) is 84.6 Å². The number of nitrogens with one attached hydrogen (secondary N) is 1. The van der Waals surface area contributed by atoms with Crippen molar-refractivity contribution in [1.82, 2.24) is 0 Å². The van der Waals surface area contributed by atoms with E-state index in [0.717, 1.165) is 17.3 Å². The molecule has 34 heavy (non-hydrogen) atoms. The summed E-state index contributed by atoms with van der Waals surface area (Å²) in [5, 5.41) is 33.2. The molecule has 0 aliphatic rings. The Kier molecular flexibility index (Phi) is 8.18. The van der Waals surface area contributed by atoms with Crippen molar-refractivity contribution in [3.63, 3.8) is 0 Å². The number of allylic oxidation sites excluding steroid dienone is 2. The molecule has 0 spiro atoms. The SMILES string of the molecule is COc1cc(/C=C/C(O)=C/C(=O)CC(Nc2ccccc2)c2ccc(O)c(OC)c2)ccc1O. The second-order valence-corrected chi connectivity index (χ2v) is 7.50. The van der Waals surface area contributed by atoms with Gasteiger partial charge in [0.1, 0.15) is 5.76 Å². The lowest BCUT2D eigenvalue weighted by Crippen LogP contribution is -2.15. The average molecular weight is 462 g/mol. The zero-order valence-electron chi connectivity index (χ0n) is 18.9. The van der Waals surface area contributed by atoms with Crippen LogP contribution >= 0.6 is 0 Å². The zero-order valence-corrected chi connectivity index (χ0v) is 18.9. The van der Waals surface area contributed by atoms with Crippen LogP contribution in [0.4, 0.5) is 5.69 Å². The van der Waals surface area contributed by atoms with Crippen molar-refractivity contribution in [1.29, 1.82) is 0 Å². The number of hydrogen-bond acceptors (Lipinski definition) is 7. The third-order valence-electron chi connectivity index (χ3n) is 5.09. The highest BCUT2D eigenvalue weighted by Gasteiger charge is 2.17. The van der Waals surface area contributed by atoms with Gasteiger partial charge in [0.05, 0.1) is 20.3 Å². The van der Waals surface area contributed by atoms with E-state index in [9.17, 15) is 20.1 Å². The molecule has 0 radical (unpaired) electrons. The summed E-state index contributed by atoms with van der Waals surface area (Å²) < 4.78 is 10.3. The number of carbonyl (C=O) groups is 1. The van der Waals surface area contributed by atoms with Crippen molar-refractivity contribution in [3.05, 3.63) is 95.8 Å². The highest BCUT2D eigenvalue weighted by atomic mass is 16.5. The van der Waals surface area contributed by atoms with Crippen molar-refractivity contribution < 1.29 is 29.6 Å². The number of carbonyl (C=O) groups excluding carboxylic acids is 1. The lowest BCUT2D eigenvalue weighted by molar-refractivity contribution is -0.115. The van der Waals surface area contributed by atoms with Gasteiger partial charge in [-0.25, -0.2) is 0 Å². The molecule has 1 unspecified atom stereocenters. The van der Waals surface area contributed by atoms with Gasteiger partial charge in [-0.1, -0.05) is 36.4 Å². The molecule has 7 nitrogen and oxygen atoms in total. The van der Waals surface area contributed by atoms with Crippen molar-refractivity contribution in [2.75, 3.05) is 19.5 Å². The largest absolute Gasteiger partial charge is 0.508 e. The molecule has 0 fully saturated rings. The summed E-state index contributed by atoms with van der Waals surface area (Å²) >= 11 is 0. The molecule has 1 atom stereocenters. The number of ketones is 1. The van der Waals surface area contributed by atoms with Gasteiger partial charge >= 0.3 is 0 Å². The summed E-state index contributed by atoms with van der Waals surface area (Å²) in [5.41, 5.74) is 2.25. The summed E-state index contributed by atoms with van der Waals surface area (Å²) in [6.45, 7) is 0. The number of phenolic OH excluding ortho intramolecular Hbond substituents is 2. The first-order chi connectivity index (χ1) is 16.4. The average Bonchev–Trinajstić information content (AvgIpc) is 2.84. The number of aliphatic hydroxyl groups is 1. The van der Waals surface area contributed by atoms with E-state index < -0.39 is 6.04 Å². The molecule has 3 aromatic carbocycles. The fraction of sp³-hybridized carbons (Fsp3) is 0.148. The number of ether oxygens (including phenoxy) is 2. The molecule has 176 valence electrons. The van der Waals surface area contributed by atoms with Crippen LogP contribution in [0.5, 0.6) is 23.0 Å². The molecule has 0 aromatic heterocycles. The van der Waals surface area contributed by atoms with Gasteiger partial charge in [-0.05, 0) is 53.6 Å². The summed E-state index contributed by atoms with van der Waals surface area (Å²) in [6.07, 6.45) is 4.21. The van der Waals surface area contributed by atoms with Crippen molar-refractivity contribution >= 4 is 17.5 Å². The van der Waals surface area contributed by atoms with E-state index in [-0.39, 0.29) is 29.5 Å². The molecule has 3 rings (SSSR count). The zero-order chi connectivity index (χ0) is 24.5. The maximum atomic E-state index is 12.8. The number of methoxy groups -OCH3 is 2. The first-order valence-corrected chi connectivity index (χ1v) is 10.6. The summed E-state index contributed by atoms with van der Waals surface area (Å²) in [7, 11) is 2.91. The number of aromatic hydroxyl groups is 2. The van der Waals surface area contributed by atoms with Crippen LogP contribution in [0.25, 0.3) is 6.08 Å². The second kappa shape index (κ2) is 11.5. The standard InChI is InChI=1S/C27H27NO6/c1-33-26-14-18(9-12-24(26)31)8-11-21(29)16-22(30)17-23(28-20-6-4-3-5-7-20)19-10-13-25(32)27(15-19)34-2/h3-16,23,28-29,31-32H,17H2,1-2H3/b11-8+,21-16-. The Hall–Kier alpha value is -4.39. The van der Waals surface area contributed by atoms with Gasteiger partial charge in [-0.3, -0.25) is 4.79 Å². The van der Waals surface area contributed by atoms with E-state index in [4.69, 9.17) is 9.47 Å². The van der Waals surface area contributed by atoms with Crippen molar-refractivity contribution in [2.45, 2.75) is 12.5 Å². The molecule has 7 heteroatoms. The van der Waals surface area contributed by atoms with E-state index in [1.807, 2.05) is 30.3 Å². The second-order valence-electron chi connectivity index (χ2n) is 7.50. The molecule has 0 bridgehead atoms. The first kappa shape index (κ1) is 24.3. The van der Waals surface area contributed by atoms with Crippen molar-refractivity contribution in [2.24, 2.45) is 0 Å². The Morgan fingerprint density at radius 2 is 1.59 bits per heavy atom. The summed E-state index contributed by atoms with van der Waals surface area (Å²) in [6, 6.07) is 18.6. The first-order valence-electron chi connectivity index (χ1n) is 10.6. The quantitative estimate of drug-likeness (QED) is 0.182. The van der Waals surface area contributed by atoms with E-state index in [1.165, 1.54) is 32.4 Å². The number of phenols is 2. The minimum atomic E-state index is -0.432. The van der Waals surface area contributed by atoms with Crippen LogP contribution < -0.4 is 14.8 Å². The van der Waals surface area contributed by atoms with E-state index in [0.29, 0.717) is 17.1 Å². The number of benzene rings is 3. The minimum Gasteiger partial charge on any atom is -0.508 e. The third-order valence-corrected chi connectivity index (χ3v) is 5.09. The molecule has 3 aromatic rings. The van der Waals surface area contributed by atoms with Gasteiger partial charge in [-0.2, -0.15) is 0 Å². The lowest BCUT2D eigenvalue weighted by atomic mass is 9.99. The van der Waals surface area contributed by atoms with Crippen LogP contribution in [-0.2, 0) is 4.79 Å². The number of aliphatic hydroxyl groups excluding tert-OH is 1. The molecule has 0 aliphatic heterocycles. The highest BCUT2D eigenvalue weighted by molar-refractivity contribution is 5.91. The van der Waals surface area contributed by atoms with Crippen LogP contribution in [0.1, 0.15) is 23.6 Å². The minimum absolute atomic E-state index is 0.00424. The van der Waals surface area contributed by atoms with Gasteiger partial charge in [0.2, 0.25) is 0 Å². The Morgan fingerprint density at radius 3 is 2.26 bits per heavy atom. The molecule has 4 N–H and O–H groups in total. The molecule has 0 saturated heterocycles. The lowest BCUT2D eigenvalue weighted by Gasteiger charge is -2.20. The normalized spacial score (nSPS) is 12.4. The summed E-state index contributed by atoms with van der Waals surface area (Å²) in [4.78, 5) is 12.8. The number of para-hydroxylation sites is 1. The van der Waals surface area contributed by atoms with E-state index in [1.54, 1.807) is 30.3 Å². The van der Waals surface area contributed by atoms with E-state index >= 15 is 0 Å². The summed E-state index contributed by atoms with van der Waals surface area (Å²) in [5.74, 6) is 0.114. The van der Waals surface area contributed by atoms with Gasteiger partial charge in [0, 0.05) is 18.2 Å². The van der Waals surface area contributed by atoms with Crippen LogP contribution in [0, 0.1) is 0 Å². The van der Waals surface area contributed by atoms with Crippen molar-refractivity contribution in [3.8, 4) is 23.0 Å². The van der Waals surface area contributed by atoms with Crippen LogP contribution in [0.2, 0.25) is 0 Å². The van der Waals surface area contributed by atoms with Gasteiger partial charge < -0.3 is 30.1 Å². The third kappa shape index (κ3) is 6.56. The van der Waals surface area contributed by atoms with Crippen LogP contribution in [-0.4, -0.2) is 35.3 Å². The molecular formula is C27H27NO6. The predicted molar refractivity (Wildman–Crippen MR) is 131 cm³/mol. The van der Waals surface area contributed by atoms with E-state index in [2.05, 4.69) is 5.32 Å². The molecular weight excluding hydrogens is 434 g/mol. The van der Waals surface area contributed by atoms with Gasteiger partial charge in [0.25, 0.3) is 0 Å². The molecule has 0 heterocycles. The Bertz CT molecular complexity index is 1190. The predicted octanol–water partition coefficient (Wildman–Crippen LogP) is 5.38. The highest BCUT2D eigenvalue weighted by Crippen LogP contribution is 2.32. The maximum Gasteiger partial charge on any atom is 0.161 e. The van der Waals surface area contributed by atoms with Gasteiger partial charge in [0.15, 0.2) is 28.8 Å². The molecule has 0 aliphatic carbocycles. The molecule has 0 amide bonds. The maximum absolute atomic E-state index is 12.8. The number of anilines is 1. The van der Waals surface area contributed by atoms with Crippen LogP contribution in [0.3, 0.4) is 0 Å². The Labute approximate surface area is 198 Å². The van der Waals surface area contributed by atoms with Gasteiger partial charge in [-0.15, -0.1) is 0 Å². The monoisotopic (exact) mass is 461 g/mol. The number of hydrogen-bond donors (Lipinski definition) is 4. The Morgan fingerprint density at radius 1 is 0.941 bits per heavy atom.